The van der Waals surface area contributed by atoms with Crippen LogP contribution >= 0.6 is 0 Å². The van der Waals surface area contributed by atoms with Crippen LogP contribution in [0.5, 0.6) is 0 Å². The second-order valence-electron chi connectivity index (χ2n) is 17.4. The highest BCUT2D eigenvalue weighted by Gasteiger charge is 2.53. The molecule has 23 atom stereocenters. The highest BCUT2D eigenvalue weighted by Crippen LogP contribution is 2.37. The Morgan fingerprint density at radius 3 is 1.71 bits per heavy atom. The zero-order valence-electron chi connectivity index (χ0n) is 38.0. The highest BCUT2D eigenvalue weighted by molar-refractivity contribution is 7.81. The molecule has 5 aliphatic heterocycles. The minimum atomic E-state index is -5.51. The van der Waals surface area contributed by atoms with Gasteiger partial charge in [0.15, 0.2) is 24.8 Å². The third kappa shape index (κ3) is 16.0. The molecule has 0 saturated carbocycles. The Bertz CT molecular complexity index is 2220. The van der Waals surface area contributed by atoms with Gasteiger partial charge in [0, 0.05) is 23.7 Å². The maximum Gasteiger partial charge on any atom is 0.397 e. The molecule has 0 aromatic rings. The van der Waals surface area contributed by atoms with E-state index in [0.29, 0.717) is 6.08 Å². The zero-order chi connectivity index (χ0) is 54.7. The van der Waals surface area contributed by atoms with Gasteiger partial charge in [0.1, 0.15) is 48.8 Å². The fourth-order valence-corrected chi connectivity index (χ4v) is 10.0. The fraction of sp³-hybridized carbons (Fsp3) is 0.889. The van der Waals surface area contributed by atoms with Crippen molar-refractivity contribution in [1.29, 1.82) is 0 Å². The second-order valence-corrected chi connectivity index (χ2v) is 20.6. The molecule has 15 unspecified atom stereocenters. The molecule has 4 saturated heterocycles. The molecule has 14 N–H and O–H groups in total. The van der Waals surface area contributed by atoms with Gasteiger partial charge in [-0.15, -0.1) is 0 Å². The highest BCUT2D eigenvalue weighted by atomic mass is 32.3. The van der Waals surface area contributed by atoms with Gasteiger partial charge in [-0.3, -0.25) is 13.7 Å². The van der Waals surface area contributed by atoms with Gasteiger partial charge < -0.3 is 98.8 Å². The summed E-state index contributed by atoms with van der Waals surface area (Å²) < 4.78 is 160. The van der Waals surface area contributed by atoms with E-state index >= 15 is 0 Å². The number of carboxylic acid groups (broad SMARTS) is 2. The zero-order valence-corrected chi connectivity index (χ0v) is 40.4. The van der Waals surface area contributed by atoms with Crippen LogP contribution in [0.2, 0.25) is 0 Å². The smallest absolute Gasteiger partial charge is 0.397 e. The van der Waals surface area contributed by atoms with Gasteiger partial charge in [-0.2, -0.15) is 25.3 Å². The standard InChI is InChI=1S/C36H58O34S3/c1-11-13(14(22(39)21(64-11)10-63-71(50,51)52)7-62-36-31(70-73(56,57)58)28(45)29(12(2)65-36)69-72(53,54)55)6-60-34-25(42)16(24(41)30(68-34)33(48)49)5-59-9-20-15(23(40)27(44)19(4-37)66-20)8-61-35-26(43)17(38)3-18(67-35)32(46)47/h3,11-17,19-31,34-45H,4-10H2,1-2H3,(H,46,47)(H,48,49)(H,50,51,52)(H,53,54,55)(H,56,57,58)/t11?,12?,13?,14?,15?,16?,17?,19?,20-,21?,22+,23?,24+,25?,26?,27-,28?,29-,30?,31?,34+,35+,36+/m0/s1. The second kappa shape index (κ2) is 25.3. The number of aliphatic hydroxyl groups is 9. The topological polar surface area (TPSA) is 531 Å². The largest absolute Gasteiger partial charge is 0.479 e. The van der Waals surface area contributed by atoms with Gasteiger partial charge in [0.05, 0.1) is 82.9 Å². The predicted molar refractivity (Wildman–Crippen MR) is 222 cm³/mol. The van der Waals surface area contributed by atoms with E-state index < -0.39 is 235 Å². The van der Waals surface area contributed by atoms with E-state index in [-0.39, 0.29) is 0 Å². The molecule has 0 amide bonds. The third-order valence-corrected chi connectivity index (χ3v) is 13.8. The van der Waals surface area contributed by atoms with Crippen molar-refractivity contribution < 1.29 is 160 Å². The minimum Gasteiger partial charge on any atom is -0.479 e. The molecule has 5 rings (SSSR count). The van der Waals surface area contributed by atoms with E-state index in [1.54, 1.807) is 0 Å². The molecule has 37 heteroatoms. The molecule has 5 aliphatic rings. The number of hydrogen-bond donors (Lipinski definition) is 14. The molecule has 0 radical (unpaired) electrons. The lowest BCUT2D eigenvalue weighted by Gasteiger charge is -2.46. The summed E-state index contributed by atoms with van der Waals surface area (Å²) in [5.74, 6) is -9.82. The molecule has 0 bridgehead atoms. The minimum absolute atomic E-state index is 0.630. The molecule has 0 aromatic carbocycles. The van der Waals surface area contributed by atoms with Crippen molar-refractivity contribution in [2.24, 2.45) is 23.7 Å². The summed E-state index contributed by atoms with van der Waals surface area (Å²) in [6.07, 6.45) is -34.4. The molecule has 0 aromatic heterocycles. The molecule has 4 fully saturated rings. The third-order valence-electron chi connectivity index (χ3n) is 12.5. The van der Waals surface area contributed by atoms with E-state index in [1.807, 2.05) is 0 Å². The van der Waals surface area contributed by atoms with E-state index in [4.69, 9.17) is 42.6 Å². The van der Waals surface area contributed by atoms with Crippen LogP contribution in [-0.4, -0.2) is 270 Å². The van der Waals surface area contributed by atoms with Crippen molar-refractivity contribution in [3.05, 3.63) is 11.8 Å². The Labute approximate surface area is 414 Å². The Morgan fingerprint density at radius 2 is 1.12 bits per heavy atom. The van der Waals surface area contributed by atoms with Crippen molar-refractivity contribution in [3.63, 3.8) is 0 Å². The van der Waals surface area contributed by atoms with Crippen molar-refractivity contribution >= 4 is 43.1 Å². The quantitative estimate of drug-likeness (QED) is 0.0423. The first-order valence-corrected chi connectivity index (χ1v) is 25.8. The fourth-order valence-electron chi connectivity index (χ4n) is 8.68. The summed E-state index contributed by atoms with van der Waals surface area (Å²) in [4.78, 5) is 23.8. The first kappa shape index (κ1) is 61.3. The maximum atomic E-state index is 12.3. The number of aliphatic hydroxyl groups excluding tert-OH is 9. The predicted octanol–water partition coefficient (Wildman–Crippen LogP) is -7.97. The van der Waals surface area contributed by atoms with E-state index in [2.05, 4.69) is 12.5 Å². The summed E-state index contributed by atoms with van der Waals surface area (Å²) >= 11 is 0. The van der Waals surface area contributed by atoms with Gasteiger partial charge in [0.25, 0.3) is 0 Å². The monoisotopic (exact) mass is 1130 g/mol. The number of carbonyl (C=O) groups is 2. The Morgan fingerprint density at radius 1 is 0.534 bits per heavy atom. The van der Waals surface area contributed by atoms with E-state index in [9.17, 15) is 105 Å². The number of carboxylic acids is 2. The summed E-state index contributed by atoms with van der Waals surface area (Å²) in [5, 5.41) is 116. The van der Waals surface area contributed by atoms with Crippen molar-refractivity contribution in [2.75, 3.05) is 46.2 Å². The lowest BCUT2D eigenvalue weighted by Crippen LogP contribution is -2.61. The number of hydrogen-bond acceptors (Lipinski definition) is 29. The number of aliphatic carboxylic acids is 2. The van der Waals surface area contributed by atoms with Crippen LogP contribution in [0, 0.1) is 23.7 Å². The lowest BCUT2D eigenvalue weighted by molar-refractivity contribution is -0.306. The molecule has 0 aliphatic carbocycles. The Balaban J connectivity index is 1.32. The summed E-state index contributed by atoms with van der Waals surface area (Å²) in [6.45, 7) is -3.14. The molecular weight excluding hydrogens is 1070 g/mol. The van der Waals surface area contributed by atoms with Crippen LogP contribution in [0.1, 0.15) is 13.8 Å². The van der Waals surface area contributed by atoms with Crippen LogP contribution < -0.4 is 0 Å². The summed E-state index contributed by atoms with van der Waals surface area (Å²) in [7, 11) is -16.0. The lowest BCUT2D eigenvalue weighted by atomic mass is 9.80. The molecule has 424 valence electrons. The van der Waals surface area contributed by atoms with Gasteiger partial charge in [-0.25, -0.2) is 22.1 Å². The van der Waals surface area contributed by atoms with E-state index in [1.165, 1.54) is 6.92 Å². The van der Waals surface area contributed by atoms with Gasteiger partial charge in [-0.1, -0.05) is 0 Å². The average molecular weight is 1130 g/mol. The first-order valence-electron chi connectivity index (χ1n) is 21.7. The summed E-state index contributed by atoms with van der Waals surface area (Å²) in [6, 6.07) is 0. The van der Waals surface area contributed by atoms with Crippen LogP contribution in [-0.2, 0) is 96.0 Å². The first-order chi connectivity index (χ1) is 33.8. The normalized spacial score (nSPS) is 41.9. The maximum absolute atomic E-state index is 12.3. The van der Waals surface area contributed by atoms with E-state index in [0.717, 1.165) is 6.92 Å². The van der Waals surface area contributed by atoms with Crippen molar-refractivity contribution in [1.82, 2.24) is 0 Å². The van der Waals surface area contributed by atoms with Gasteiger partial charge in [0.2, 0.25) is 12.0 Å². The van der Waals surface area contributed by atoms with Gasteiger partial charge >= 0.3 is 43.1 Å². The Hall–Kier alpha value is -2.59. The number of ether oxygens (including phenoxy) is 9. The van der Waals surface area contributed by atoms with Crippen LogP contribution in [0.3, 0.4) is 0 Å². The molecule has 34 nitrogen and oxygen atoms in total. The Kier molecular flexibility index (Phi) is 21.2. The average Bonchev–Trinajstić information content (AvgIpc) is 3.28. The molecule has 0 spiro atoms. The van der Waals surface area contributed by atoms with Crippen LogP contribution in [0.15, 0.2) is 11.8 Å². The molecule has 5 heterocycles. The van der Waals surface area contributed by atoms with Crippen LogP contribution in [0.4, 0.5) is 0 Å². The van der Waals surface area contributed by atoms with Gasteiger partial charge in [-0.05, 0) is 19.9 Å². The van der Waals surface area contributed by atoms with Crippen LogP contribution in [0.25, 0.3) is 0 Å². The van der Waals surface area contributed by atoms with Crippen molar-refractivity contribution in [3.8, 4) is 0 Å². The molecule has 73 heavy (non-hydrogen) atoms. The summed E-state index contributed by atoms with van der Waals surface area (Å²) in [5.41, 5.74) is 0. The van der Waals surface area contributed by atoms with Crippen molar-refractivity contribution in [2.45, 2.75) is 130 Å². The number of rotatable bonds is 23. The SMILES string of the molecule is CC1OC(COS(=O)(=O)O)[C@H](O)C(CO[C@@H]2OC(C)[C@H](OS(=O)(=O)O)C(O)C2OS(=O)(=O)O)C1CO[C@@H]1OC(C(=O)O)[C@H](O)C(COC[C@@H]2OC(CO)[C@H](O)C(O)C2CO[C@@H]2OC(C(=O)O)=CC(O)C2O)C1O. The molecular formula is C36H58O34S3.